The van der Waals surface area contributed by atoms with Gasteiger partial charge in [-0.25, -0.2) is 9.97 Å². The predicted molar refractivity (Wildman–Crippen MR) is 91.5 cm³/mol. The number of pyridine rings is 1. The summed E-state index contributed by atoms with van der Waals surface area (Å²) in [7, 11) is 1.56. The Morgan fingerprint density at radius 1 is 1.12 bits per heavy atom. The molecule has 1 N–H and O–H groups in total. The molecule has 3 heterocycles. The van der Waals surface area contributed by atoms with Crippen molar-refractivity contribution in [2.24, 2.45) is 0 Å². The quantitative estimate of drug-likeness (QED) is 0.630. The van der Waals surface area contributed by atoms with E-state index in [0.717, 1.165) is 16.8 Å². The van der Waals surface area contributed by atoms with Crippen molar-refractivity contribution >= 4 is 11.0 Å². The van der Waals surface area contributed by atoms with E-state index < -0.39 is 0 Å². The summed E-state index contributed by atoms with van der Waals surface area (Å²) in [6.07, 6.45) is 4.99. The maximum atomic E-state index is 12.4. The van der Waals surface area contributed by atoms with Gasteiger partial charge >= 0.3 is 0 Å². The number of hydrogen-bond acceptors (Lipinski definition) is 4. The minimum atomic E-state index is -0.180. The molecule has 0 aliphatic carbocycles. The molecule has 0 fully saturated rings. The van der Waals surface area contributed by atoms with Gasteiger partial charge in [0.15, 0.2) is 5.65 Å². The van der Waals surface area contributed by atoms with Gasteiger partial charge in [-0.3, -0.25) is 4.79 Å². The molecular weight excluding hydrogens is 304 g/mol. The van der Waals surface area contributed by atoms with Crippen LogP contribution < -0.4 is 10.3 Å². The van der Waals surface area contributed by atoms with Gasteiger partial charge in [-0.1, -0.05) is 18.2 Å². The molecule has 4 aromatic rings. The second kappa shape index (κ2) is 5.66. The Kier molecular flexibility index (Phi) is 3.35. The molecule has 24 heavy (non-hydrogen) atoms. The van der Waals surface area contributed by atoms with Gasteiger partial charge in [-0.05, 0) is 23.8 Å². The highest BCUT2D eigenvalue weighted by Gasteiger charge is 2.16. The molecule has 0 saturated carbocycles. The Bertz CT molecular complexity index is 1070. The lowest BCUT2D eigenvalue weighted by molar-refractivity contribution is 0.398. The Balaban J connectivity index is 2.04. The second-order valence-electron chi connectivity index (χ2n) is 5.27. The van der Waals surface area contributed by atoms with Crippen LogP contribution >= 0.6 is 0 Å². The Morgan fingerprint density at radius 3 is 2.75 bits per heavy atom. The van der Waals surface area contributed by atoms with Crippen LogP contribution in [0, 0.1) is 0 Å². The molecule has 6 heteroatoms. The largest absolute Gasteiger partial charge is 0.481 e. The molecule has 0 spiro atoms. The number of aromatic nitrogens is 4. The van der Waals surface area contributed by atoms with Crippen molar-refractivity contribution in [2.45, 2.75) is 0 Å². The average Bonchev–Trinajstić information content (AvgIpc) is 3.04. The van der Waals surface area contributed by atoms with Crippen LogP contribution in [-0.2, 0) is 0 Å². The molecule has 0 unspecified atom stereocenters. The van der Waals surface area contributed by atoms with Crippen LogP contribution in [0.4, 0.5) is 0 Å². The molecule has 3 aromatic heterocycles. The first-order valence-corrected chi connectivity index (χ1v) is 7.42. The van der Waals surface area contributed by atoms with Gasteiger partial charge in [0.25, 0.3) is 5.56 Å². The van der Waals surface area contributed by atoms with Gasteiger partial charge in [-0.2, -0.15) is 0 Å². The van der Waals surface area contributed by atoms with E-state index in [2.05, 4.69) is 15.0 Å². The maximum Gasteiger partial charge on any atom is 0.260 e. The van der Waals surface area contributed by atoms with E-state index in [1.165, 1.54) is 6.33 Å². The van der Waals surface area contributed by atoms with Crippen LogP contribution in [0.2, 0.25) is 0 Å². The third-order valence-corrected chi connectivity index (χ3v) is 3.88. The number of para-hydroxylation sites is 1. The lowest BCUT2D eigenvalue weighted by atomic mass is 10.1. The fourth-order valence-corrected chi connectivity index (χ4v) is 2.76. The normalized spacial score (nSPS) is 10.9. The highest BCUT2D eigenvalue weighted by Crippen LogP contribution is 2.30. The van der Waals surface area contributed by atoms with Crippen molar-refractivity contribution in [1.29, 1.82) is 0 Å². The Morgan fingerprint density at radius 2 is 1.96 bits per heavy atom. The van der Waals surface area contributed by atoms with E-state index >= 15 is 0 Å². The van der Waals surface area contributed by atoms with Crippen molar-refractivity contribution in [3.05, 3.63) is 71.5 Å². The first kappa shape index (κ1) is 14.2. The van der Waals surface area contributed by atoms with Crippen molar-refractivity contribution in [1.82, 2.24) is 19.5 Å². The number of nitrogens with zero attached hydrogens (tertiary/aromatic N) is 3. The standard InChI is InChI=1S/C18H14N4O2/c1-24-15-9-12(7-8-19-15)14-10-22(13-5-3-2-4-6-13)17-16(14)18(23)21-11-20-17/h2-11H,1H3,(H,20,21,23). The summed E-state index contributed by atoms with van der Waals surface area (Å²) in [5.41, 5.74) is 2.99. The van der Waals surface area contributed by atoms with Crippen molar-refractivity contribution < 1.29 is 4.74 Å². The SMILES string of the molecule is COc1cc(-c2cn(-c3ccccc3)c3nc[nH]c(=O)c23)ccn1. The zero-order valence-electron chi connectivity index (χ0n) is 12.9. The number of fused-ring (bicyclic) bond motifs is 1. The van der Waals surface area contributed by atoms with Gasteiger partial charge in [-0.15, -0.1) is 0 Å². The third kappa shape index (κ3) is 2.25. The average molecular weight is 318 g/mol. The van der Waals surface area contributed by atoms with Gasteiger partial charge in [0.2, 0.25) is 5.88 Å². The molecule has 118 valence electrons. The molecule has 0 atom stereocenters. The zero-order valence-corrected chi connectivity index (χ0v) is 12.9. The minimum absolute atomic E-state index is 0.180. The number of benzene rings is 1. The molecule has 4 rings (SSSR count). The number of rotatable bonds is 3. The van der Waals surface area contributed by atoms with Crippen molar-refractivity contribution in [2.75, 3.05) is 7.11 Å². The van der Waals surface area contributed by atoms with Gasteiger partial charge in [0.1, 0.15) is 0 Å². The number of hydrogen-bond donors (Lipinski definition) is 1. The molecule has 1 aromatic carbocycles. The molecule has 0 aliphatic rings. The molecule has 0 bridgehead atoms. The molecule has 6 nitrogen and oxygen atoms in total. The summed E-state index contributed by atoms with van der Waals surface area (Å²) >= 11 is 0. The highest BCUT2D eigenvalue weighted by atomic mass is 16.5. The highest BCUT2D eigenvalue weighted by molar-refractivity contribution is 5.94. The van der Waals surface area contributed by atoms with Crippen LogP contribution in [0.3, 0.4) is 0 Å². The third-order valence-electron chi connectivity index (χ3n) is 3.88. The van der Waals surface area contributed by atoms with Gasteiger partial charge in [0, 0.05) is 29.7 Å². The summed E-state index contributed by atoms with van der Waals surface area (Å²) < 4.78 is 7.10. The summed E-state index contributed by atoms with van der Waals surface area (Å²) in [5.74, 6) is 0.494. The topological polar surface area (TPSA) is 72.8 Å². The summed E-state index contributed by atoms with van der Waals surface area (Å²) in [6.45, 7) is 0. The number of aromatic amines is 1. The number of methoxy groups -OCH3 is 1. The van der Waals surface area contributed by atoms with Gasteiger partial charge < -0.3 is 14.3 Å². The zero-order chi connectivity index (χ0) is 16.5. The Labute approximate surface area is 137 Å². The van der Waals surface area contributed by atoms with E-state index in [1.807, 2.05) is 47.2 Å². The van der Waals surface area contributed by atoms with E-state index in [9.17, 15) is 4.79 Å². The number of nitrogens with one attached hydrogen (secondary N) is 1. The summed E-state index contributed by atoms with van der Waals surface area (Å²) in [6, 6.07) is 13.4. The van der Waals surface area contributed by atoms with E-state index in [0.29, 0.717) is 16.9 Å². The summed E-state index contributed by atoms with van der Waals surface area (Å²) in [4.78, 5) is 23.6. The predicted octanol–water partition coefficient (Wildman–Crippen LogP) is 2.78. The number of ether oxygens (including phenoxy) is 1. The summed E-state index contributed by atoms with van der Waals surface area (Å²) in [5, 5.41) is 0.537. The van der Waals surface area contributed by atoms with E-state index in [4.69, 9.17) is 4.74 Å². The minimum Gasteiger partial charge on any atom is -0.481 e. The Hall–Kier alpha value is -3.41. The maximum absolute atomic E-state index is 12.4. The first-order valence-electron chi connectivity index (χ1n) is 7.42. The fourth-order valence-electron chi connectivity index (χ4n) is 2.76. The molecule has 0 saturated heterocycles. The van der Waals surface area contributed by atoms with E-state index in [1.54, 1.807) is 19.4 Å². The van der Waals surface area contributed by atoms with Crippen LogP contribution in [0.5, 0.6) is 5.88 Å². The van der Waals surface area contributed by atoms with Crippen LogP contribution in [-0.4, -0.2) is 26.6 Å². The molecule has 0 radical (unpaired) electrons. The lowest BCUT2D eigenvalue weighted by Crippen LogP contribution is -2.07. The van der Waals surface area contributed by atoms with Crippen LogP contribution in [0.1, 0.15) is 0 Å². The number of H-pyrrole nitrogens is 1. The lowest BCUT2D eigenvalue weighted by Gasteiger charge is -2.03. The van der Waals surface area contributed by atoms with Gasteiger partial charge in [0.05, 0.1) is 18.8 Å². The monoisotopic (exact) mass is 318 g/mol. The van der Waals surface area contributed by atoms with E-state index in [-0.39, 0.29) is 5.56 Å². The van der Waals surface area contributed by atoms with Crippen molar-refractivity contribution in [3.63, 3.8) is 0 Å². The molecule has 0 aliphatic heterocycles. The van der Waals surface area contributed by atoms with Crippen molar-refractivity contribution in [3.8, 4) is 22.7 Å². The van der Waals surface area contributed by atoms with Crippen LogP contribution in [0.25, 0.3) is 27.8 Å². The fraction of sp³-hybridized carbons (Fsp3) is 0.0556. The van der Waals surface area contributed by atoms with Crippen LogP contribution in [0.15, 0.2) is 66.0 Å². The first-order chi connectivity index (χ1) is 11.8. The molecular formula is C18H14N4O2. The smallest absolute Gasteiger partial charge is 0.260 e. The second-order valence-corrected chi connectivity index (χ2v) is 5.27. The molecule has 0 amide bonds.